The minimum absolute atomic E-state index is 0.156. The van der Waals surface area contributed by atoms with E-state index in [1.54, 1.807) is 10.7 Å². The molecule has 1 atom stereocenters. The molecule has 0 saturated heterocycles. The fourth-order valence-electron chi connectivity index (χ4n) is 4.71. The van der Waals surface area contributed by atoms with E-state index < -0.39 is 35.2 Å². The number of aryl methyl sites for hydroxylation is 1. The molecule has 0 aliphatic carbocycles. The van der Waals surface area contributed by atoms with Crippen molar-refractivity contribution in [1.82, 2.24) is 25.3 Å². The van der Waals surface area contributed by atoms with Crippen molar-refractivity contribution < 1.29 is 14.0 Å². The van der Waals surface area contributed by atoms with Crippen molar-refractivity contribution in [2.24, 2.45) is 0 Å². The number of nitrogens with one attached hydrogen (secondary N) is 3. The largest absolute Gasteiger partial charge is 0.338 e. The second-order valence-corrected chi connectivity index (χ2v) is 9.27. The van der Waals surface area contributed by atoms with E-state index in [0.29, 0.717) is 12.2 Å². The molecule has 0 spiro atoms. The van der Waals surface area contributed by atoms with Crippen LogP contribution >= 0.6 is 0 Å². The predicted octanol–water partition coefficient (Wildman–Crippen LogP) is 4.36. The van der Waals surface area contributed by atoms with Crippen LogP contribution in [0.3, 0.4) is 0 Å². The van der Waals surface area contributed by atoms with Gasteiger partial charge in [-0.1, -0.05) is 60.7 Å². The lowest BCUT2D eigenvalue weighted by Gasteiger charge is -2.28. The predicted molar refractivity (Wildman–Crippen MR) is 153 cm³/mol. The Balaban J connectivity index is 1.51. The lowest BCUT2D eigenvalue weighted by atomic mass is 9.84. The van der Waals surface area contributed by atoms with Crippen LogP contribution in [0.15, 0.2) is 108 Å². The van der Waals surface area contributed by atoms with Crippen molar-refractivity contribution in [3.05, 3.63) is 136 Å². The average Bonchev–Trinajstić information content (AvgIpc) is 3.48. The highest BCUT2D eigenvalue weighted by Gasteiger charge is 2.33. The number of carbonyl (C=O) groups excluding carboxylic acids is 2. The van der Waals surface area contributed by atoms with E-state index in [4.69, 9.17) is 0 Å². The molecule has 2 heterocycles. The quantitative estimate of drug-likeness (QED) is 0.252. The van der Waals surface area contributed by atoms with Crippen molar-refractivity contribution >= 4 is 17.5 Å². The molecule has 10 heteroatoms. The number of H-pyrrole nitrogens is 1. The maximum Gasteiger partial charge on any atom is 0.270 e. The molecule has 2 aromatic heterocycles. The molecule has 9 nitrogen and oxygen atoms in total. The number of aromatic amines is 1. The summed E-state index contributed by atoms with van der Waals surface area (Å²) in [6, 6.07) is 26.2. The minimum Gasteiger partial charge on any atom is -0.338 e. The molecule has 0 saturated carbocycles. The number of anilines is 1. The van der Waals surface area contributed by atoms with Crippen LogP contribution in [0.2, 0.25) is 0 Å². The van der Waals surface area contributed by atoms with Crippen LogP contribution in [0, 0.1) is 5.82 Å². The summed E-state index contributed by atoms with van der Waals surface area (Å²) in [7, 11) is 0. The van der Waals surface area contributed by atoms with Crippen molar-refractivity contribution in [3.8, 4) is 11.3 Å². The third-order valence-electron chi connectivity index (χ3n) is 6.66. The molecule has 5 rings (SSSR count). The number of hydrogen-bond donors (Lipinski definition) is 3. The van der Waals surface area contributed by atoms with E-state index >= 15 is 4.39 Å². The summed E-state index contributed by atoms with van der Waals surface area (Å²) in [6.07, 6.45) is 1.53. The van der Waals surface area contributed by atoms with Gasteiger partial charge in [0.05, 0.1) is 5.69 Å². The molecule has 0 aliphatic rings. The normalized spacial score (nSPS) is 11.7. The number of aromatic nitrogens is 4. The summed E-state index contributed by atoms with van der Waals surface area (Å²) in [4.78, 5) is 38.7. The maximum atomic E-state index is 15.1. The summed E-state index contributed by atoms with van der Waals surface area (Å²) < 4.78 is 16.6. The highest BCUT2D eigenvalue weighted by molar-refractivity contribution is 6.01. The van der Waals surface area contributed by atoms with E-state index in [0.717, 1.165) is 11.1 Å². The molecular weight excluding hydrogens is 523 g/mol. The van der Waals surface area contributed by atoms with Crippen LogP contribution in [-0.2, 0) is 11.3 Å². The number of hydrogen-bond acceptors (Lipinski definition) is 5. The zero-order chi connectivity index (χ0) is 28.8. The number of rotatable bonds is 9. The minimum atomic E-state index is -1.07. The van der Waals surface area contributed by atoms with Crippen molar-refractivity contribution in [2.45, 2.75) is 25.4 Å². The number of carbonyl (C=O) groups is 2. The van der Waals surface area contributed by atoms with Crippen LogP contribution in [0.4, 0.5) is 10.1 Å². The molecule has 41 heavy (non-hydrogen) atoms. The molecule has 1 unspecified atom stereocenters. The van der Waals surface area contributed by atoms with E-state index in [1.165, 1.54) is 36.5 Å². The Labute approximate surface area is 235 Å². The Kier molecular flexibility index (Phi) is 8.10. The SMILES string of the molecule is CCn1nccc1C(=O)NC(C(=O)Nc1ccc(-c2ccc(=O)[nH]n2)c(F)c1)C(c1ccccc1)c1ccccc1. The molecule has 206 valence electrons. The average molecular weight is 551 g/mol. The zero-order valence-electron chi connectivity index (χ0n) is 22.1. The van der Waals surface area contributed by atoms with Gasteiger partial charge in [0.1, 0.15) is 17.6 Å². The summed E-state index contributed by atoms with van der Waals surface area (Å²) in [5.74, 6) is -2.20. The Hall–Kier alpha value is -5.38. The van der Waals surface area contributed by atoms with Gasteiger partial charge in [-0.05, 0) is 48.4 Å². The molecule has 3 aromatic carbocycles. The number of amides is 2. The van der Waals surface area contributed by atoms with Crippen molar-refractivity contribution in [2.75, 3.05) is 5.32 Å². The zero-order valence-corrected chi connectivity index (χ0v) is 22.1. The van der Waals surface area contributed by atoms with Gasteiger partial charge in [0.25, 0.3) is 11.5 Å². The molecule has 0 fully saturated rings. The summed E-state index contributed by atoms with van der Waals surface area (Å²) in [5, 5.41) is 16.0. The van der Waals surface area contributed by atoms with E-state index in [9.17, 15) is 14.4 Å². The van der Waals surface area contributed by atoms with Crippen LogP contribution in [-0.4, -0.2) is 37.8 Å². The van der Waals surface area contributed by atoms with Crippen LogP contribution in [0.25, 0.3) is 11.3 Å². The van der Waals surface area contributed by atoms with Gasteiger partial charge in [-0.3, -0.25) is 19.1 Å². The van der Waals surface area contributed by atoms with Gasteiger partial charge in [0.15, 0.2) is 0 Å². The summed E-state index contributed by atoms with van der Waals surface area (Å²) >= 11 is 0. The van der Waals surface area contributed by atoms with Gasteiger partial charge in [0.2, 0.25) is 5.91 Å². The highest BCUT2D eigenvalue weighted by atomic mass is 19.1. The first-order chi connectivity index (χ1) is 19.9. The fourth-order valence-corrected chi connectivity index (χ4v) is 4.71. The Morgan fingerprint density at radius 2 is 1.61 bits per heavy atom. The fraction of sp³-hybridized carbons (Fsp3) is 0.129. The van der Waals surface area contributed by atoms with Gasteiger partial charge in [-0.25, -0.2) is 9.49 Å². The monoisotopic (exact) mass is 550 g/mol. The van der Waals surface area contributed by atoms with E-state index in [2.05, 4.69) is 25.9 Å². The number of benzene rings is 3. The highest BCUT2D eigenvalue weighted by Crippen LogP contribution is 2.30. The van der Waals surface area contributed by atoms with Gasteiger partial charge < -0.3 is 10.6 Å². The van der Waals surface area contributed by atoms with Gasteiger partial charge in [0, 0.05) is 36.0 Å². The Bertz CT molecular complexity index is 1660. The van der Waals surface area contributed by atoms with Crippen LogP contribution in [0.1, 0.15) is 34.5 Å². The molecular formula is C31H27FN6O3. The second kappa shape index (κ2) is 12.2. The van der Waals surface area contributed by atoms with Crippen LogP contribution in [0.5, 0.6) is 0 Å². The lowest BCUT2D eigenvalue weighted by molar-refractivity contribution is -0.118. The smallest absolute Gasteiger partial charge is 0.270 e. The Morgan fingerprint density at radius 3 is 2.20 bits per heavy atom. The van der Waals surface area contributed by atoms with Gasteiger partial charge >= 0.3 is 0 Å². The number of halogens is 1. The van der Waals surface area contributed by atoms with Crippen LogP contribution < -0.4 is 16.2 Å². The second-order valence-electron chi connectivity index (χ2n) is 9.27. The first-order valence-corrected chi connectivity index (χ1v) is 13.0. The molecule has 0 radical (unpaired) electrons. The topological polar surface area (TPSA) is 122 Å². The van der Waals surface area contributed by atoms with E-state index in [1.807, 2.05) is 67.6 Å². The standard InChI is InChI=1S/C31H27FN6O3/c1-2-38-26(17-18-33-38)30(40)35-29(28(20-9-5-3-6-10-20)21-11-7-4-8-12-21)31(41)34-22-13-14-23(24(32)19-22)25-15-16-27(39)37-36-25/h3-19,28-29H,2H2,1H3,(H,34,41)(H,35,40)(H,37,39). The van der Waals surface area contributed by atoms with Crippen molar-refractivity contribution in [3.63, 3.8) is 0 Å². The summed E-state index contributed by atoms with van der Waals surface area (Å²) in [5.41, 5.74) is 2.13. The third-order valence-corrected chi connectivity index (χ3v) is 6.66. The third kappa shape index (κ3) is 6.11. The maximum absolute atomic E-state index is 15.1. The number of nitrogens with zero attached hydrogens (tertiary/aromatic N) is 3. The molecule has 0 aliphatic heterocycles. The van der Waals surface area contributed by atoms with Crippen molar-refractivity contribution in [1.29, 1.82) is 0 Å². The van der Waals surface area contributed by atoms with E-state index in [-0.39, 0.29) is 16.9 Å². The molecule has 3 N–H and O–H groups in total. The molecule has 5 aromatic rings. The Morgan fingerprint density at radius 1 is 0.927 bits per heavy atom. The van der Waals surface area contributed by atoms with Gasteiger partial charge in [-0.15, -0.1) is 0 Å². The first kappa shape index (κ1) is 27.2. The lowest BCUT2D eigenvalue weighted by Crippen LogP contribution is -2.48. The summed E-state index contributed by atoms with van der Waals surface area (Å²) in [6.45, 7) is 2.34. The molecule has 0 bridgehead atoms. The van der Waals surface area contributed by atoms with Gasteiger partial charge in [-0.2, -0.15) is 10.2 Å². The molecule has 2 amide bonds. The first-order valence-electron chi connectivity index (χ1n) is 13.0.